The minimum atomic E-state index is 0.228. The Morgan fingerprint density at radius 2 is 2.25 bits per heavy atom. The van der Waals surface area contributed by atoms with E-state index in [1.807, 2.05) is 37.1 Å². The fourth-order valence-electron chi connectivity index (χ4n) is 2.10. The van der Waals surface area contributed by atoms with Gasteiger partial charge in [0.2, 0.25) is 0 Å². The fourth-order valence-corrected chi connectivity index (χ4v) is 3.17. The molecule has 0 radical (unpaired) electrons. The largest absolute Gasteiger partial charge is 0.496 e. The Morgan fingerprint density at radius 1 is 1.45 bits per heavy atom. The molecule has 1 atom stereocenters. The van der Waals surface area contributed by atoms with Gasteiger partial charge in [-0.2, -0.15) is 0 Å². The van der Waals surface area contributed by atoms with E-state index in [1.54, 1.807) is 18.9 Å². The standard InChI is InChI=1S/C15H21N3OS/c1-11-5-6-14(19-4)12(9-11)13(16-2)10-20-15-17-7-8-18(15)3/h5-9,13,16H,10H2,1-4H3. The van der Waals surface area contributed by atoms with E-state index >= 15 is 0 Å². The summed E-state index contributed by atoms with van der Waals surface area (Å²) in [6, 6.07) is 6.51. The normalized spacial score (nSPS) is 12.4. The summed E-state index contributed by atoms with van der Waals surface area (Å²) in [4.78, 5) is 4.34. The van der Waals surface area contributed by atoms with E-state index in [0.29, 0.717) is 0 Å². The zero-order chi connectivity index (χ0) is 14.5. The summed E-state index contributed by atoms with van der Waals surface area (Å²) in [5.74, 6) is 1.83. The van der Waals surface area contributed by atoms with Crippen molar-refractivity contribution < 1.29 is 4.74 Å². The summed E-state index contributed by atoms with van der Waals surface area (Å²) in [5, 5.41) is 4.39. The molecule has 1 aromatic heterocycles. The second-order valence-electron chi connectivity index (χ2n) is 4.72. The van der Waals surface area contributed by atoms with Crippen LogP contribution < -0.4 is 10.1 Å². The van der Waals surface area contributed by atoms with Crippen molar-refractivity contribution in [2.45, 2.75) is 18.1 Å². The number of benzene rings is 1. The van der Waals surface area contributed by atoms with Crippen LogP contribution in [0.4, 0.5) is 0 Å². The average Bonchev–Trinajstić information content (AvgIpc) is 2.85. The molecule has 0 saturated heterocycles. The highest BCUT2D eigenvalue weighted by Crippen LogP contribution is 2.30. The second kappa shape index (κ2) is 6.81. The van der Waals surface area contributed by atoms with Crippen molar-refractivity contribution in [3.05, 3.63) is 41.7 Å². The molecule has 1 N–H and O–H groups in total. The molecule has 1 unspecified atom stereocenters. The van der Waals surface area contributed by atoms with Gasteiger partial charge in [-0.3, -0.25) is 0 Å². The fraction of sp³-hybridized carbons (Fsp3) is 0.400. The topological polar surface area (TPSA) is 39.1 Å². The molecule has 0 aliphatic rings. The Labute approximate surface area is 124 Å². The van der Waals surface area contributed by atoms with E-state index in [1.165, 1.54) is 11.1 Å². The lowest BCUT2D eigenvalue weighted by Gasteiger charge is -2.19. The van der Waals surface area contributed by atoms with Crippen LogP contribution in [0.1, 0.15) is 17.2 Å². The number of ether oxygens (including phenoxy) is 1. The summed E-state index contributed by atoms with van der Waals surface area (Å²) in [6.07, 6.45) is 3.79. The third-order valence-electron chi connectivity index (χ3n) is 3.27. The number of nitrogens with zero attached hydrogens (tertiary/aromatic N) is 2. The van der Waals surface area contributed by atoms with Gasteiger partial charge in [-0.05, 0) is 20.0 Å². The number of imidazole rings is 1. The van der Waals surface area contributed by atoms with Gasteiger partial charge in [0.1, 0.15) is 5.75 Å². The zero-order valence-corrected chi connectivity index (χ0v) is 13.2. The van der Waals surface area contributed by atoms with Gasteiger partial charge in [0.05, 0.1) is 7.11 Å². The summed E-state index contributed by atoms with van der Waals surface area (Å²) in [5.41, 5.74) is 2.43. The van der Waals surface area contributed by atoms with Gasteiger partial charge < -0.3 is 14.6 Å². The Morgan fingerprint density at radius 3 is 2.85 bits per heavy atom. The number of nitrogens with one attached hydrogen (secondary N) is 1. The van der Waals surface area contributed by atoms with Crippen LogP contribution in [0.5, 0.6) is 5.75 Å². The number of methoxy groups -OCH3 is 1. The van der Waals surface area contributed by atoms with Crippen LogP contribution in [0.25, 0.3) is 0 Å². The second-order valence-corrected chi connectivity index (χ2v) is 5.71. The third kappa shape index (κ3) is 3.35. The van der Waals surface area contributed by atoms with Crippen molar-refractivity contribution in [2.75, 3.05) is 19.9 Å². The molecule has 0 saturated carbocycles. The van der Waals surface area contributed by atoms with Crippen LogP contribution in [0, 0.1) is 6.92 Å². The first-order valence-electron chi connectivity index (χ1n) is 6.57. The maximum absolute atomic E-state index is 5.47. The molecular weight excluding hydrogens is 270 g/mol. The molecule has 2 rings (SSSR count). The number of hydrogen-bond donors (Lipinski definition) is 1. The van der Waals surface area contributed by atoms with Crippen LogP contribution >= 0.6 is 11.8 Å². The lowest BCUT2D eigenvalue weighted by molar-refractivity contribution is 0.404. The molecule has 1 heterocycles. The molecule has 0 aliphatic heterocycles. The summed E-state index contributed by atoms with van der Waals surface area (Å²) >= 11 is 1.74. The maximum Gasteiger partial charge on any atom is 0.167 e. The molecule has 2 aromatic rings. The van der Waals surface area contributed by atoms with Gasteiger partial charge in [-0.15, -0.1) is 0 Å². The molecule has 0 bridgehead atoms. The Hall–Kier alpha value is -1.46. The highest BCUT2D eigenvalue weighted by atomic mass is 32.2. The first kappa shape index (κ1) is 14.9. The highest BCUT2D eigenvalue weighted by Gasteiger charge is 2.16. The number of aryl methyl sites for hydroxylation is 2. The Balaban J connectivity index is 2.16. The summed E-state index contributed by atoms with van der Waals surface area (Å²) in [6.45, 7) is 2.10. The van der Waals surface area contributed by atoms with Gasteiger partial charge in [-0.1, -0.05) is 29.5 Å². The quantitative estimate of drug-likeness (QED) is 0.831. The summed E-state index contributed by atoms with van der Waals surface area (Å²) in [7, 11) is 5.70. The average molecular weight is 291 g/mol. The van der Waals surface area contributed by atoms with Gasteiger partial charge in [0, 0.05) is 36.8 Å². The van der Waals surface area contributed by atoms with Gasteiger partial charge >= 0.3 is 0 Å². The Kier molecular flexibility index (Phi) is 5.09. The molecule has 0 spiro atoms. The molecule has 0 aliphatic carbocycles. The van der Waals surface area contributed by atoms with Crippen molar-refractivity contribution in [3.8, 4) is 5.75 Å². The summed E-state index contributed by atoms with van der Waals surface area (Å²) < 4.78 is 7.51. The SMILES string of the molecule is CNC(CSc1nccn1C)c1cc(C)ccc1OC. The molecule has 0 fully saturated rings. The number of rotatable bonds is 6. The van der Waals surface area contributed by atoms with Crippen molar-refractivity contribution in [2.24, 2.45) is 7.05 Å². The Bertz CT molecular complexity index is 568. The van der Waals surface area contributed by atoms with Gasteiger partial charge in [0.15, 0.2) is 5.16 Å². The van der Waals surface area contributed by atoms with E-state index < -0.39 is 0 Å². The molecule has 0 amide bonds. The van der Waals surface area contributed by atoms with Crippen LogP contribution in [0.15, 0.2) is 35.7 Å². The van der Waals surface area contributed by atoms with Crippen LogP contribution in [0.2, 0.25) is 0 Å². The monoisotopic (exact) mass is 291 g/mol. The smallest absolute Gasteiger partial charge is 0.167 e. The van der Waals surface area contributed by atoms with E-state index in [2.05, 4.69) is 29.4 Å². The van der Waals surface area contributed by atoms with E-state index in [9.17, 15) is 0 Å². The maximum atomic E-state index is 5.47. The minimum Gasteiger partial charge on any atom is -0.496 e. The molecular formula is C15H21N3OS. The third-order valence-corrected chi connectivity index (χ3v) is 4.42. The molecule has 20 heavy (non-hydrogen) atoms. The van der Waals surface area contributed by atoms with Crippen LogP contribution in [-0.4, -0.2) is 29.5 Å². The molecule has 4 nitrogen and oxygen atoms in total. The number of thioether (sulfide) groups is 1. The number of hydrogen-bond acceptors (Lipinski definition) is 4. The lowest BCUT2D eigenvalue weighted by Crippen LogP contribution is -2.20. The van der Waals surface area contributed by atoms with Crippen molar-refractivity contribution in [1.82, 2.24) is 14.9 Å². The predicted molar refractivity (Wildman–Crippen MR) is 83.5 cm³/mol. The zero-order valence-electron chi connectivity index (χ0n) is 12.4. The van der Waals surface area contributed by atoms with Crippen molar-refractivity contribution >= 4 is 11.8 Å². The first-order valence-corrected chi connectivity index (χ1v) is 7.56. The van der Waals surface area contributed by atoms with Crippen LogP contribution in [-0.2, 0) is 7.05 Å². The first-order chi connectivity index (χ1) is 9.65. The number of aromatic nitrogens is 2. The minimum absolute atomic E-state index is 0.228. The molecule has 1 aromatic carbocycles. The van der Waals surface area contributed by atoms with Gasteiger partial charge in [0.25, 0.3) is 0 Å². The van der Waals surface area contributed by atoms with Crippen molar-refractivity contribution in [3.63, 3.8) is 0 Å². The predicted octanol–water partition coefficient (Wildman–Crippen LogP) is 2.79. The van der Waals surface area contributed by atoms with E-state index in [0.717, 1.165) is 16.7 Å². The van der Waals surface area contributed by atoms with Crippen LogP contribution in [0.3, 0.4) is 0 Å². The lowest BCUT2D eigenvalue weighted by atomic mass is 10.0. The van der Waals surface area contributed by atoms with E-state index in [4.69, 9.17) is 4.74 Å². The van der Waals surface area contributed by atoms with Gasteiger partial charge in [-0.25, -0.2) is 4.98 Å². The van der Waals surface area contributed by atoms with E-state index in [-0.39, 0.29) is 6.04 Å². The highest BCUT2D eigenvalue weighted by molar-refractivity contribution is 7.99. The van der Waals surface area contributed by atoms with Crippen molar-refractivity contribution in [1.29, 1.82) is 0 Å². The molecule has 5 heteroatoms. The molecule has 108 valence electrons.